The van der Waals surface area contributed by atoms with Gasteiger partial charge in [0, 0.05) is 6.92 Å². The van der Waals surface area contributed by atoms with E-state index in [0.29, 0.717) is 6.42 Å². The lowest BCUT2D eigenvalue weighted by Crippen LogP contribution is -2.24. The molecule has 0 saturated carbocycles. The Hall–Kier alpha value is -0.900. The minimum Gasteiger partial charge on any atom is -0.391 e. The van der Waals surface area contributed by atoms with Gasteiger partial charge < -0.3 is 9.84 Å². The Morgan fingerprint density at radius 3 is 1.50 bits per heavy atom. The zero-order valence-corrected chi connectivity index (χ0v) is 15.9. The van der Waals surface area contributed by atoms with Crippen molar-refractivity contribution in [3.8, 4) is 0 Å². The van der Waals surface area contributed by atoms with Crippen molar-refractivity contribution in [1.82, 2.24) is 0 Å². The van der Waals surface area contributed by atoms with Gasteiger partial charge in [-0.3, -0.25) is 4.79 Å². The number of hydrogen-bond donors (Lipinski definition) is 1. The van der Waals surface area contributed by atoms with Crippen LogP contribution in [0.2, 0.25) is 0 Å². The Balaban J connectivity index is 3.22. The van der Waals surface area contributed by atoms with Gasteiger partial charge in [-0.15, -0.1) is 0 Å². The topological polar surface area (TPSA) is 63.6 Å². The van der Waals surface area contributed by atoms with Crippen LogP contribution in [0.15, 0.2) is 0 Å². The van der Waals surface area contributed by atoms with Crippen molar-refractivity contribution in [3.63, 3.8) is 0 Å². The number of ether oxygens (including phenoxy) is 1. The summed E-state index contributed by atoms with van der Waals surface area (Å²) in [6, 6.07) is 0. The average Bonchev–Trinajstić information content (AvgIpc) is 2.54. The van der Waals surface area contributed by atoms with Gasteiger partial charge >= 0.3 is 11.9 Å². The molecule has 0 aromatic carbocycles. The van der Waals surface area contributed by atoms with Crippen LogP contribution in [-0.4, -0.2) is 23.1 Å². The van der Waals surface area contributed by atoms with Crippen LogP contribution in [0.25, 0.3) is 0 Å². The fourth-order valence-electron chi connectivity index (χ4n) is 2.86. The van der Waals surface area contributed by atoms with E-state index in [-0.39, 0.29) is 0 Å². The first-order valence-electron chi connectivity index (χ1n) is 9.98. The molecule has 0 heterocycles. The largest absolute Gasteiger partial charge is 0.391 e. The van der Waals surface area contributed by atoms with Gasteiger partial charge in [-0.2, -0.15) is 0 Å². The van der Waals surface area contributed by atoms with E-state index in [1.54, 1.807) is 0 Å². The highest BCUT2D eigenvalue weighted by Gasteiger charge is 2.17. The standard InChI is InChI=1S/C20H38O4/c1-3-4-5-6-7-8-9-10-11-12-13-14-15-16-17-19(22)20(23)24-18(2)21/h19,22H,3-17H2,1-2H3. The zero-order chi connectivity index (χ0) is 18.0. The molecule has 1 N–H and O–H groups in total. The normalized spacial score (nSPS) is 12.1. The highest BCUT2D eigenvalue weighted by Crippen LogP contribution is 2.13. The maximum Gasteiger partial charge on any atom is 0.342 e. The van der Waals surface area contributed by atoms with E-state index in [4.69, 9.17) is 0 Å². The maximum absolute atomic E-state index is 11.2. The number of unbranched alkanes of at least 4 members (excludes halogenated alkanes) is 13. The van der Waals surface area contributed by atoms with Crippen molar-refractivity contribution in [2.24, 2.45) is 0 Å². The molecule has 1 unspecified atom stereocenters. The van der Waals surface area contributed by atoms with Gasteiger partial charge in [0.1, 0.15) is 0 Å². The van der Waals surface area contributed by atoms with Crippen LogP contribution in [0.3, 0.4) is 0 Å². The molecule has 0 bridgehead atoms. The highest BCUT2D eigenvalue weighted by molar-refractivity contribution is 5.86. The van der Waals surface area contributed by atoms with E-state index in [9.17, 15) is 14.7 Å². The summed E-state index contributed by atoms with van der Waals surface area (Å²) in [5.74, 6) is -1.49. The molecule has 142 valence electrons. The second kappa shape index (κ2) is 16.9. The lowest BCUT2D eigenvalue weighted by atomic mass is 10.0. The molecule has 0 aromatic rings. The summed E-state index contributed by atoms with van der Waals surface area (Å²) in [5.41, 5.74) is 0. The number of esters is 2. The lowest BCUT2D eigenvalue weighted by molar-refractivity contribution is -0.164. The molecule has 0 aliphatic rings. The molecule has 4 heteroatoms. The fraction of sp³-hybridized carbons (Fsp3) is 0.900. The molecular weight excluding hydrogens is 304 g/mol. The van der Waals surface area contributed by atoms with Crippen LogP contribution in [0.5, 0.6) is 0 Å². The fourth-order valence-corrected chi connectivity index (χ4v) is 2.86. The zero-order valence-electron chi connectivity index (χ0n) is 15.9. The third-order valence-electron chi connectivity index (χ3n) is 4.35. The first kappa shape index (κ1) is 23.1. The van der Waals surface area contributed by atoms with Crippen molar-refractivity contribution in [1.29, 1.82) is 0 Å². The van der Waals surface area contributed by atoms with E-state index in [2.05, 4.69) is 11.7 Å². The third kappa shape index (κ3) is 16.0. The Kier molecular flexibility index (Phi) is 16.3. The summed E-state index contributed by atoms with van der Waals surface area (Å²) in [4.78, 5) is 21.8. The van der Waals surface area contributed by atoms with Crippen molar-refractivity contribution >= 4 is 11.9 Å². The molecule has 24 heavy (non-hydrogen) atoms. The summed E-state index contributed by atoms with van der Waals surface area (Å²) in [5, 5.41) is 9.53. The van der Waals surface area contributed by atoms with Crippen LogP contribution in [-0.2, 0) is 14.3 Å². The second-order valence-electron chi connectivity index (χ2n) is 6.81. The van der Waals surface area contributed by atoms with Gasteiger partial charge in [-0.05, 0) is 6.42 Å². The Morgan fingerprint density at radius 1 is 0.750 bits per heavy atom. The number of carbonyl (C=O) groups excluding carboxylic acids is 2. The molecule has 0 aliphatic heterocycles. The van der Waals surface area contributed by atoms with Gasteiger partial charge in [0.15, 0.2) is 6.10 Å². The summed E-state index contributed by atoms with van der Waals surface area (Å²) in [7, 11) is 0. The molecular formula is C20H38O4. The van der Waals surface area contributed by atoms with Crippen molar-refractivity contribution in [2.75, 3.05) is 0 Å². The summed E-state index contributed by atoms with van der Waals surface area (Å²) >= 11 is 0. The highest BCUT2D eigenvalue weighted by atomic mass is 16.6. The third-order valence-corrected chi connectivity index (χ3v) is 4.35. The summed E-state index contributed by atoms with van der Waals surface area (Å²) in [6.07, 6.45) is 17.0. The van der Waals surface area contributed by atoms with Crippen LogP contribution >= 0.6 is 0 Å². The minimum absolute atomic E-state index is 0.379. The Labute approximate surface area is 148 Å². The molecule has 0 amide bonds. The number of hydrogen-bond acceptors (Lipinski definition) is 4. The van der Waals surface area contributed by atoms with E-state index >= 15 is 0 Å². The van der Waals surface area contributed by atoms with E-state index < -0.39 is 18.0 Å². The van der Waals surface area contributed by atoms with Crippen LogP contribution in [0.4, 0.5) is 0 Å². The number of carbonyl (C=O) groups is 2. The molecule has 0 spiro atoms. The van der Waals surface area contributed by atoms with Crippen molar-refractivity contribution in [2.45, 2.75) is 116 Å². The van der Waals surface area contributed by atoms with Crippen molar-refractivity contribution < 1.29 is 19.4 Å². The van der Waals surface area contributed by atoms with E-state index in [1.165, 1.54) is 70.6 Å². The van der Waals surface area contributed by atoms with E-state index in [0.717, 1.165) is 26.2 Å². The van der Waals surface area contributed by atoms with Crippen LogP contribution in [0.1, 0.15) is 110 Å². The SMILES string of the molecule is CCCCCCCCCCCCCCCCC(O)C(=O)OC(C)=O. The minimum atomic E-state index is -1.16. The molecule has 0 aromatic heterocycles. The van der Waals surface area contributed by atoms with Crippen LogP contribution < -0.4 is 0 Å². The molecule has 4 nitrogen and oxygen atoms in total. The monoisotopic (exact) mass is 342 g/mol. The molecule has 0 aliphatic carbocycles. The number of aliphatic hydroxyl groups is 1. The number of aliphatic hydroxyl groups excluding tert-OH is 1. The average molecular weight is 343 g/mol. The van der Waals surface area contributed by atoms with Gasteiger partial charge in [0.25, 0.3) is 0 Å². The predicted molar refractivity (Wildman–Crippen MR) is 97.7 cm³/mol. The second-order valence-corrected chi connectivity index (χ2v) is 6.81. The summed E-state index contributed by atoms with van der Waals surface area (Å²) in [6.45, 7) is 3.42. The van der Waals surface area contributed by atoms with Gasteiger partial charge in [-0.1, -0.05) is 96.8 Å². The first-order valence-corrected chi connectivity index (χ1v) is 9.98. The van der Waals surface area contributed by atoms with Gasteiger partial charge in [-0.25, -0.2) is 4.79 Å². The first-order chi connectivity index (χ1) is 11.6. The quantitative estimate of drug-likeness (QED) is 0.234. The summed E-state index contributed by atoms with van der Waals surface area (Å²) < 4.78 is 4.35. The Bertz CT molecular complexity index is 315. The van der Waals surface area contributed by atoms with E-state index in [1.807, 2.05) is 0 Å². The van der Waals surface area contributed by atoms with Crippen LogP contribution in [0, 0.1) is 0 Å². The molecule has 0 saturated heterocycles. The lowest BCUT2D eigenvalue weighted by Gasteiger charge is -2.08. The maximum atomic E-state index is 11.2. The number of rotatable bonds is 16. The Morgan fingerprint density at radius 2 is 1.12 bits per heavy atom. The van der Waals surface area contributed by atoms with Gasteiger partial charge in [0.05, 0.1) is 0 Å². The smallest absolute Gasteiger partial charge is 0.342 e. The van der Waals surface area contributed by atoms with Crippen molar-refractivity contribution in [3.05, 3.63) is 0 Å². The molecule has 0 radical (unpaired) electrons. The predicted octanol–water partition coefficient (Wildman–Crippen LogP) is 5.31. The van der Waals surface area contributed by atoms with Gasteiger partial charge in [0.2, 0.25) is 0 Å². The molecule has 0 fully saturated rings. The molecule has 1 atom stereocenters. The molecule has 0 rings (SSSR count).